The number of benzene rings is 1. The van der Waals surface area contributed by atoms with Crippen LogP contribution in [0.4, 0.5) is 0 Å². The first-order valence-electron chi connectivity index (χ1n) is 7.53. The minimum atomic E-state index is -3.43. The summed E-state index contributed by atoms with van der Waals surface area (Å²) in [7, 11) is -1.82. The second-order valence-electron chi connectivity index (χ2n) is 5.09. The molecule has 1 saturated heterocycles. The number of nitrogens with zero attached hydrogens (tertiary/aromatic N) is 2. The van der Waals surface area contributed by atoms with Crippen molar-refractivity contribution in [1.29, 1.82) is 0 Å². The van der Waals surface area contributed by atoms with Crippen molar-refractivity contribution in [3.63, 3.8) is 0 Å². The van der Waals surface area contributed by atoms with E-state index in [0.29, 0.717) is 32.8 Å². The topological polar surface area (TPSA) is 59.1 Å². The molecule has 1 aromatic carbocycles. The lowest BCUT2D eigenvalue weighted by molar-refractivity contribution is -0.00432. The van der Waals surface area contributed by atoms with Crippen LogP contribution in [0.25, 0.3) is 0 Å². The van der Waals surface area contributed by atoms with Crippen LogP contribution in [0.5, 0.6) is 5.75 Å². The Morgan fingerprint density at radius 3 is 2.73 bits per heavy atom. The van der Waals surface area contributed by atoms with Gasteiger partial charge in [-0.25, -0.2) is 0 Å². The summed E-state index contributed by atoms with van der Waals surface area (Å²) in [4.78, 5) is 0. The van der Waals surface area contributed by atoms with Crippen LogP contribution < -0.4 is 4.74 Å². The van der Waals surface area contributed by atoms with Gasteiger partial charge in [0, 0.05) is 26.2 Å². The first kappa shape index (κ1) is 17.2. The molecule has 6 nitrogen and oxygen atoms in total. The Kier molecular flexibility index (Phi) is 5.80. The summed E-state index contributed by atoms with van der Waals surface area (Å²) < 4.78 is 39.2. The van der Waals surface area contributed by atoms with E-state index in [0.717, 1.165) is 11.3 Å². The van der Waals surface area contributed by atoms with Gasteiger partial charge in [0.15, 0.2) is 0 Å². The number of hydrogen-bond donors (Lipinski definition) is 0. The van der Waals surface area contributed by atoms with Crippen LogP contribution in [-0.2, 0) is 14.9 Å². The van der Waals surface area contributed by atoms with Gasteiger partial charge in [-0.3, -0.25) is 0 Å². The molecule has 7 heteroatoms. The van der Waals surface area contributed by atoms with E-state index in [2.05, 4.69) is 0 Å². The SMILES string of the molecule is CCN(CC)S(=O)(=O)N1CCOC(c2cccc(OC)c2)C1. The van der Waals surface area contributed by atoms with Gasteiger partial charge in [-0.15, -0.1) is 0 Å². The highest BCUT2D eigenvalue weighted by atomic mass is 32.2. The van der Waals surface area contributed by atoms with Gasteiger partial charge in [-0.1, -0.05) is 26.0 Å². The van der Waals surface area contributed by atoms with Crippen molar-refractivity contribution < 1.29 is 17.9 Å². The normalized spacial score (nSPS) is 20.3. The van der Waals surface area contributed by atoms with E-state index in [1.807, 2.05) is 38.1 Å². The van der Waals surface area contributed by atoms with Gasteiger partial charge in [0.2, 0.25) is 0 Å². The van der Waals surface area contributed by atoms with Crippen LogP contribution >= 0.6 is 0 Å². The fraction of sp³-hybridized carbons (Fsp3) is 0.600. The van der Waals surface area contributed by atoms with E-state index in [9.17, 15) is 8.42 Å². The summed E-state index contributed by atoms with van der Waals surface area (Å²) in [5, 5.41) is 0. The van der Waals surface area contributed by atoms with Gasteiger partial charge in [0.05, 0.1) is 19.8 Å². The summed E-state index contributed by atoms with van der Waals surface area (Å²) in [6.07, 6.45) is -0.269. The van der Waals surface area contributed by atoms with E-state index >= 15 is 0 Å². The lowest BCUT2D eigenvalue weighted by Gasteiger charge is -2.35. The fourth-order valence-corrected chi connectivity index (χ4v) is 4.20. The monoisotopic (exact) mass is 328 g/mol. The molecule has 1 heterocycles. The maximum absolute atomic E-state index is 12.6. The summed E-state index contributed by atoms with van der Waals surface area (Å²) in [5.41, 5.74) is 0.929. The zero-order valence-corrected chi connectivity index (χ0v) is 14.2. The molecule has 0 bridgehead atoms. The Labute approximate surface area is 132 Å². The molecule has 1 atom stereocenters. The van der Waals surface area contributed by atoms with Crippen LogP contribution in [0, 0.1) is 0 Å². The maximum atomic E-state index is 12.6. The molecule has 1 aromatic rings. The molecule has 0 spiro atoms. The molecule has 124 valence electrons. The smallest absolute Gasteiger partial charge is 0.282 e. The van der Waals surface area contributed by atoms with Crippen LogP contribution in [0.1, 0.15) is 25.5 Å². The lowest BCUT2D eigenvalue weighted by atomic mass is 10.1. The van der Waals surface area contributed by atoms with Gasteiger partial charge < -0.3 is 9.47 Å². The second-order valence-corrected chi connectivity index (χ2v) is 7.01. The molecular weight excluding hydrogens is 304 g/mol. The predicted molar refractivity (Wildman–Crippen MR) is 85.1 cm³/mol. The Morgan fingerprint density at radius 2 is 2.09 bits per heavy atom. The lowest BCUT2D eigenvalue weighted by Crippen LogP contribution is -2.49. The zero-order valence-electron chi connectivity index (χ0n) is 13.4. The number of rotatable bonds is 6. The zero-order chi connectivity index (χ0) is 16.2. The molecule has 0 amide bonds. The number of hydrogen-bond acceptors (Lipinski definition) is 4. The van der Waals surface area contributed by atoms with Gasteiger partial charge >= 0.3 is 0 Å². The maximum Gasteiger partial charge on any atom is 0.282 e. The minimum Gasteiger partial charge on any atom is -0.497 e. The highest BCUT2D eigenvalue weighted by molar-refractivity contribution is 7.86. The molecular formula is C15H24N2O4S. The Bertz CT molecular complexity index is 587. The Hall–Kier alpha value is -1.15. The third-order valence-electron chi connectivity index (χ3n) is 3.85. The fourth-order valence-electron chi connectivity index (χ4n) is 2.59. The summed E-state index contributed by atoms with van der Waals surface area (Å²) in [6.45, 7) is 5.75. The first-order chi connectivity index (χ1) is 10.5. The molecule has 1 unspecified atom stereocenters. The number of methoxy groups -OCH3 is 1. The second kappa shape index (κ2) is 7.41. The van der Waals surface area contributed by atoms with Crippen LogP contribution in [0.2, 0.25) is 0 Å². The Balaban J connectivity index is 2.18. The van der Waals surface area contributed by atoms with Gasteiger partial charge in [0.25, 0.3) is 10.2 Å². The molecule has 0 radical (unpaired) electrons. The van der Waals surface area contributed by atoms with E-state index in [1.165, 1.54) is 8.61 Å². The highest BCUT2D eigenvalue weighted by Crippen LogP contribution is 2.27. The number of morpholine rings is 1. The molecule has 0 N–H and O–H groups in total. The van der Waals surface area contributed by atoms with Crippen LogP contribution in [0.15, 0.2) is 24.3 Å². The van der Waals surface area contributed by atoms with Crippen molar-refractivity contribution in [2.75, 3.05) is 39.9 Å². The van der Waals surface area contributed by atoms with Crippen molar-refractivity contribution in [2.45, 2.75) is 20.0 Å². The van der Waals surface area contributed by atoms with Gasteiger partial charge in [-0.05, 0) is 17.7 Å². The molecule has 1 fully saturated rings. The quantitative estimate of drug-likeness (QED) is 0.797. The Morgan fingerprint density at radius 1 is 1.36 bits per heavy atom. The molecule has 1 aliphatic rings. The molecule has 0 aromatic heterocycles. The molecule has 0 saturated carbocycles. The van der Waals surface area contributed by atoms with Crippen molar-refractivity contribution in [3.8, 4) is 5.75 Å². The van der Waals surface area contributed by atoms with Crippen molar-refractivity contribution in [2.24, 2.45) is 0 Å². The van der Waals surface area contributed by atoms with E-state index in [-0.39, 0.29) is 6.10 Å². The highest BCUT2D eigenvalue weighted by Gasteiger charge is 2.33. The average molecular weight is 328 g/mol. The summed E-state index contributed by atoms with van der Waals surface area (Å²) >= 11 is 0. The van der Waals surface area contributed by atoms with Crippen molar-refractivity contribution >= 4 is 10.2 Å². The summed E-state index contributed by atoms with van der Waals surface area (Å²) in [5.74, 6) is 0.741. The van der Waals surface area contributed by atoms with E-state index in [1.54, 1.807) is 7.11 Å². The van der Waals surface area contributed by atoms with Crippen LogP contribution in [0.3, 0.4) is 0 Å². The third-order valence-corrected chi connectivity index (χ3v) is 6.01. The predicted octanol–water partition coefficient (Wildman–Crippen LogP) is 1.66. The standard InChI is InChI=1S/C15H24N2O4S/c1-4-16(5-2)22(18,19)17-9-10-21-15(12-17)13-7-6-8-14(11-13)20-3/h6-8,11,15H,4-5,9-10,12H2,1-3H3. The third kappa shape index (κ3) is 3.60. The molecule has 1 aliphatic heterocycles. The average Bonchev–Trinajstić information content (AvgIpc) is 2.56. The minimum absolute atomic E-state index is 0.269. The molecule has 22 heavy (non-hydrogen) atoms. The van der Waals surface area contributed by atoms with Crippen LogP contribution in [-0.4, -0.2) is 56.9 Å². The van der Waals surface area contributed by atoms with Gasteiger partial charge in [0.1, 0.15) is 5.75 Å². The van der Waals surface area contributed by atoms with Gasteiger partial charge in [-0.2, -0.15) is 17.0 Å². The number of ether oxygens (including phenoxy) is 2. The largest absolute Gasteiger partial charge is 0.497 e. The van der Waals surface area contributed by atoms with E-state index in [4.69, 9.17) is 9.47 Å². The molecule has 2 rings (SSSR count). The van der Waals surface area contributed by atoms with Crippen molar-refractivity contribution in [3.05, 3.63) is 29.8 Å². The summed E-state index contributed by atoms with van der Waals surface area (Å²) in [6, 6.07) is 7.56. The molecule has 0 aliphatic carbocycles. The first-order valence-corrected chi connectivity index (χ1v) is 8.93. The van der Waals surface area contributed by atoms with E-state index < -0.39 is 10.2 Å². The van der Waals surface area contributed by atoms with Crippen molar-refractivity contribution in [1.82, 2.24) is 8.61 Å².